The average molecular weight is 460 g/mol. The molecule has 0 unspecified atom stereocenters. The van der Waals surface area contributed by atoms with Gasteiger partial charge in [0.1, 0.15) is 17.1 Å². The van der Waals surface area contributed by atoms with Gasteiger partial charge in [-0.15, -0.1) is 0 Å². The zero-order valence-corrected chi connectivity index (χ0v) is 19.6. The standard InChI is InChI=1S/C27H29N3O4/c1-31-23-5-3-20(25(12-23)32-2)14-30-26(19-4-6-24-18(11-19)7-8-33-24)28-34-27(30)21-9-17-10-22(27)16-29(13-17)15-21/h3-8,11-12,17,21-22H,9-10,13-16H2,1-2H3/t17-,21+,22-,27-. The van der Waals surface area contributed by atoms with Crippen molar-refractivity contribution in [1.29, 1.82) is 0 Å². The third kappa shape index (κ3) is 2.83. The molecule has 7 nitrogen and oxygen atoms in total. The Morgan fingerprint density at radius 1 is 1.00 bits per heavy atom. The number of ether oxygens (including phenoxy) is 2. The van der Waals surface area contributed by atoms with E-state index < -0.39 is 5.72 Å². The summed E-state index contributed by atoms with van der Waals surface area (Å²) in [6.45, 7) is 4.05. The van der Waals surface area contributed by atoms with Gasteiger partial charge in [0.25, 0.3) is 0 Å². The highest BCUT2D eigenvalue weighted by Crippen LogP contribution is 2.55. The summed E-state index contributed by atoms with van der Waals surface area (Å²) in [5.74, 6) is 4.14. The molecular formula is C27H29N3O4. The first-order valence-electron chi connectivity index (χ1n) is 12.1. The maximum Gasteiger partial charge on any atom is 0.219 e. The number of amidine groups is 1. The lowest BCUT2D eigenvalue weighted by atomic mass is 9.62. The van der Waals surface area contributed by atoms with Crippen LogP contribution < -0.4 is 9.47 Å². The Morgan fingerprint density at radius 3 is 2.62 bits per heavy atom. The number of piperidine rings is 3. The molecule has 1 aromatic heterocycles. The van der Waals surface area contributed by atoms with Crippen molar-refractivity contribution in [3.8, 4) is 11.5 Å². The minimum atomic E-state index is -0.418. The van der Waals surface area contributed by atoms with Gasteiger partial charge in [0.15, 0.2) is 5.84 Å². The van der Waals surface area contributed by atoms with Crippen LogP contribution >= 0.6 is 0 Å². The molecule has 176 valence electrons. The second-order valence-corrected chi connectivity index (χ2v) is 10.1. The van der Waals surface area contributed by atoms with E-state index in [9.17, 15) is 0 Å². The van der Waals surface area contributed by atoms with Gasteiger partial charge in [-0.25, -0.2) is 0 Å². The maximum atomic E-state index is 6.58. The van der Waals surface area contributed by atoms with Gasteiger partial charge >= 0.3 is 0 Å². The fourth-order valence-electron chi connectivity index (χ4n) is 6.98. The van der Waals surface area contributed by atoms with Crippen molar-refractivity contribution >= 4 is 16.8 Å². The second-order valence-electron chi connectivity index (χ2n) is 10.1. The molecule has 0 amide bonds. The topological polar surface area (TPSA) is 59.7 Å². The number of hydrogen-bond donors (Lipinski definition) is 0. The highest BCUT2D eigenvalue weighted by Gasteiger charge is 2.64. The molecule has 34 heavy (non-hydrogen) atoms. The minimum absolute atomic E-state index is 0.418. The number of nitrogens with zero attached hydrogens (tertiary/aromatic N) is 3. The number of hydrogen-bond acceptors (Lipinski definition) is 7. The summed E-state index contributed by atoms with van der Waals surface area (Å²) in [7, 11) is 3.39. The summed E-state index contributed by atoms with van der Waals surface area (Å²) >= 11 is 0. The zero-order valence-electron chi connectivity index (χ0n) is 19.6. The third-order valence-electron chi connectivity index (χ3n) is 8.37. The predicted octanol–water partition coefficient (Wildman–Crippen LogP) is 4.31. The molecule has 7 heteroatoms. The molecule has 3 saturated heterocycles. The first-order chi connectivity index (χ1) is 16.7. The van der Waals surface area contributed by atoms with Crippen LogP contribution in [0.25, 0.3) is 11.0 Å². The first kappa shape index (κ1) is 20.2. The highest BCUT2D eigenvalue weighted by atomic mass is 16.7. The fraction of sp³-hybridized carbons (Fsp3) is 0.444. The molecule has 5 heterocycles. The van der Waals surface area contributed by atoms with E-state index in [4.69, 9.17) is 23.9 Å². The molecule has 2 aromatic carbocycles. The average Bonchev–Trinajstić information content (AvgIpc) is 3.47. The van der Waals surface area contributed by atoms with Crippen LogP contribution in [0, 0.1) is 17.8 Å². The van der Waals surface area contributed by atoms with Crippen molar-refractivity contribution in [3.05, 3.63) is 59.9 Å². The summed E-state index contributed by atoms with van der Waals surface area (Å²) in [6, 6.07) is 14.3. The van der Waals surface area contributed by atoms with Crippen LogP contribution in [0.1, 0.15) is 24.0 Å². The molecule has 1 aliphatic carbocycles. The quantitative estimate of drug-likeness (QED) is 0.567. The normalized spacial score (nSPS) is 31.2. The van der Waals surface area contributed by atoms with Crippen molar-refractivity contribution in [2.75, 3.05) is 33.9 Å². The van der Waals surface area contributed by atoms with Crippen LogP contribution in [0.4, 0.5) is 0 Å². The number of fused-ring (bicyclic) bond motifs is 1. The fourth-order valence-corrected chi connectivity index (χ4v) is 6.98. The van der Waals surface area contributed by atoms with E-state index >= 15 is 0 Å². The van der Waals surface area contributed by atoms with E-state index in [1.807, 2.05) is 24.3 Å². The van der Waals surface area contributed by atoms with Crippen molar-refractivity contribution in [3.63, 3.8) is 0 Å². The molecule has 3 aromatic rings. The van der Waals surface area contributed by atoms with Crippen LogP contribution in [-0.2, 0) is 11.4 Å². The Balaban J connectivity index is 1.33. The van der Waals surface area contributed by atoms with Crippen molar-refractivity contribution < 1.29 is 18.7 Å². The van der Waals surface area contributed by atoms with Gasteiger partial charge in [0.05, 0.1) is 27.0 Å². The van der Waals surface area contributed by atoms with Gasteiger partial charge in [-0.3, -0.25) is 0 Å². The predicted molar refractivity (Wildman–Crippen MR) is 128 cm³/mol. The summed E-state index contributed by atoms with van der Waals surface area (Å²) in [6.07, 6.45) is 4.13. The zero-order chi connectivity index (χ0) is 22.9. The van der Waals surface area contributed by atoms with Crippen LogP contribution in [0.15, 0.2) is 58.3 Å². The summed E-state index contributed by atoms with van der Waals surface area (Å²) < 4.78 is 16.8. The smallest absolute Gasteiger partial charge is 0.219 e. The van der Waals surface area contributed by atoms with E-state index in [1.165, 1.54) is 19.4 Å². The Morgan fingerprint density at radius 2 is 1.85 bits per heavy atom. The number of methoxy groups -OCH3 is 2. The maximum absolute atomic E-state index is 6.58. The second kappa shape index (κ2) is 7.40. The van der Waals surface area contributed by atoms with Gasteiger partial charge in [-0.05, 0) is 55.2 Å². The molecule has 0 radical (unpaired) electrons. The van der Waals surface area contributed by atoms with Crippen LogP contribution in [-0.4, -0.2) is 55.2 Å². The van der Waals surface area contributed by atoms with E-state index in [-0.39, 0.29) is 0 Å². The molecule has 8 rings (SSSR count). The molecule has 0 N–H and O–H groups in total. The lowest BCUT2D eigenvalue weighted by Crippen LogP contribution is -2.71. The van der Waals surface area contributed by atoms with Gasteiger partial charge in [-0.2, -0.15) is 0 Å². The lowest BCUT2D eigenvalue weighted by Gasteiger charge is -2.61. The number of benzene rings is 2. The van der Waals surface area contributed by atoms with Gasteiger partial charge in [0.2, 0.25) is 5.72 Å². The number of rotatable bonds is 5. The third-order valence-corrected chi connectivity index (χ3v) is 8.37. The van der Waals surface area contributed by atoms with Crippen LogP contribution in [0.3, 0.4) is 0 Å². The van der Waals surface area contributed by atoms with E-state index in [1.54, 1.807) is 20.5 Å². The Kier molecular flexibility index (Phi) is 4.40. The van der Waals surface area contributed by atoms with E-state index in [0.29, 0.717) is 18.4 Å². The molecule has 4 bridgehead atoms. The van der Waals surface area contributed by atoms with Crippen molar-refractivity contribution in [2.45, 2.75) is 25.1 Å². The largest absolute Gasteiger partial charge is 0.497 e. The van der Waals surface area contributed by atoms with E-state index in [2.05, 4.69) is 28.0 Å². The first-order valence-corrected chi connectivity index (χ1v) is 12.1. The van der Waals surface area contributed by atoms with Crippen molar-refractivity contribution in [2.24, 2.45) is 22.9 Å². The van der Waals surface area contributed by atoms with Gasteiger partial charge in [0, 0.05) is 54.0 Å². The highest BCUT2D eigenvalue weighted by molar-refractivity contribution is 6.02. The Labute approximate surface area is 198 Å². The van der Waals surface area contributed by atoms with E-state index in [0.717, 1.165) is 58.4 Å². The van der Waals surface area contributed by atoms with Gasteiger partial charge < -0.3 is 28.5 Å². The summed E-state index contributed by atoms with van der Waals surface area (Å²) in [4.78, 5) is 11.6. The van der Waals surface area contributed by atoms with Crippen LogP contribution in [0.5, 0.6) is 11.5 Å². The molecular weight excluding hydrogens is 430 g/mol. The van der Waals surface area contributed by atoms with Gasteiger partial charge in [-0.1, -0.05) is 5.16 Å². The molecule has 5 aliphatic rings. The number of oxime groups is 1. The molecule has 1 spiro atoms. The molecule has 1 saturated carbocycles. The van der Waals surface area contributed by atoms with Crippen molar-refractivity contribution in [1.82, 2.24) is 9.80 Å². The SMILES string of the molecule is COc1ccc(CN2C(c3ccc4occc4c3)=NO[C@]23[C@@H]2C[C@H]4C[C@H]3C[N@](C4)C2)c(OC)c1. The molecule has 4 fully saturated rings. The Bertz CT molecular complexity index is 1250. The summed E-state index contributed by atoms with van der Waals surface area (Å²) in [5, 5.41) is 5.86. The molecule has 4 aliphatic heterocycles. The molecule has 5 atom stereocenters. The van der Waals surface area contributed by atoms with Crippen LogP contribution in [0.2, 0.25) is 0 Å². The minimum Gasteiger partial charge on any atom is -0.497 e. The lowest BCUT2D eigenvalue weighted by molar-refractivity contribution is -0.251. The Hall–Kier alpha value is -3.19. The summed E-state index contributed by atoms with van der Waals surface area (Å²) in [5.41, 5.74) is 2.61. The number of furan rings is 1. The monoisotopic (exact) mass is 459 g/mol.